The van der Waals surface area contributed by atoms with E-state index >= 15 is 0 Å². The van der Waals surface area contributed by atoms with Crippen molar-refractivity contribution in [3.8, 4) is 5.69 Å². The Hall–Kier alpha value is -3.78. The van der Waals surface area contributed by atoms with Gasteiger partial charge in [-0.05, 0) is 55.0 Å². The number of carbonyl (C=O) groups excluding carboxylic acids is 1. The third-order valence-electron chi connectivity index (χ3n) is 5.55. The van der Waals surface area contributed by atoms with E-state index in [1.54, 1.807) is 25.3 Å². The summed E-state index contributed by atoms with van der Waals surface area (Å²) in [6.07, 6.45) is 3.63. The molecule has 8 heteroatoms. The highest BCUT2D eigenvalue weighted by Gasteiger charge is 2.18. The third kappa shape index (κ3) is 3.92. The molecular weight excluding hydrogens is 409 g/mol. The van der Waals surface area contributed by atoms with Crippen LogP contribution >= 0.6 is 0 Å². The van der Waals surface area contributed by atoms with Crippen LogP contribution in [0.15, 0.2) is 60.9 Å². The van der Waals surface area contributed by atoms with Crippen molar-refractivity contribution in [2.45, 2.75) is 6.92 Å². The molecule has 5 rings (SSSR count). The van der Waals surface area contributed by atoms with Gasteiger partial charge in [0.15, 0.2) is 0 Å². The van der Waals surface area contributed by atoms with Crippen molar-refractivity contribution in [2.24, 2.45) is 0 Å². The van der Waals surface area contributed by atoms with Crippen LogP contribution in [0.25, 0.3) is 16.7 Å². The fourth-order valence-electron chi connectivity index (χ4n) is 3.70. The second-order valence-corrected chi connectivity index (χ2v) is 7.70. The molecular formula is C24H22FN5O2. The van der Waals surface area contributed by atoms with Crippen LogP contribution in [0, 0.1) is 12.7 Å². The van der Waals surface area contributed by atoms with Crippen LogP contribution in [0.5, 0.6) is 0 Å². The Balaban J connectivity index is 1.40. The molecule has 0 radical (unpaired) electrons. The summed E-state index contributed by atoms with van der Waals surface area (Å²) in [6, 6.07) is 14.3. The fourth-order valence-corrected chi connectivity index (χ4v) is 3.70. The molecule has 4 aromatic rings. The van der Waals surface area contributed by atoms with E-state index < -0.39 is 0 Å². The molecule has 0 bridgehead atoms. The predicted molar refractivity (Wildman–Crippen MR) is 120 cm³/mol. The molecule has 1 fully saturated rings. The minimum atomic E-state index is -0.286. The number of benzene rings is 2. The van der Waals surface area contributed by atoms with E-state index in [4.69, 9.17) is 4.74 Å². The van der Waals surface area contributed by atoms with Crippen LogP contribution < -0.4 is 5.32 Å². The number of morpholine rings is 1. The Kier molecular flexibility index (Phi) is 5.28. The monoisotopic (exact) mass is 431 g/mol. The van der Waals surface area contributed by atoms with Crippen molar-refractivity contribution >= 4 is 28.6 Å². The minimum Gasteiger partial charge on any atom is -0.378 e. The number of nitrogens with zero attached hydrogens (tertiary/aromatic N) is 4. The normalized spacial score (nSPS) is 14.0. The molecule has 1 aliphatic rings. The second kappa shape index (κ2) is 8.39. The lowest BCUT2D eigenvalue weighted by molar-refractivity contribution is 0.0303. The molecule has 1 amide bonds. The summed E-state index contributed by atoms with van der Waals surface area (Å²) in [7, 11) is 0. The van der Waals surface area contributed by atoms with E-state index in [1.807, 2.05) is 46.0 Å². The van der Waals surface area contributed by atoms with Gasteiger partial charge in [0, 0.05) is 47.8 Å². The lowest BCUT2D eigenvalue weighted by atomic mass is 10.1. The molecule has 0 atom stereocenters. The number of hydrogen-bond acceptors (Lipinski definition) is 5. The number of halogens is 1. The van der Waals surface area contributed by atoms with E-state index in [9.17, 15) is 9.18 Å². The maximum atomic E-state index is 13.9. The first kappa shape index (κ1) is 20.1. The summed E-state index contributed by atoms with van der Waals surface area (Å²) < 4.78 is 21.1. The van der Waals surface area contributed by atoms with Gasteiger partial charge in [-0.1, -0.05) is 6.07 Å². The summed E-state index contributed by atoms with van der Waals surface area (Å²) in [4.78, 5) is 23.4. The van der Waals surface area contributed by atoms with Gasteiger partial charge in [-0.25, -0.2) is 9.37 Å². The van der Waals surface area contributed by atoms with Crippen LogP contribution in [-0.4, -0.2) is 51.6 Å². The lowest BCUT2D eigenvalue weighted by Crippen LogP contribution is -2.40. The van der Waals surface area contributed by atoms with Crippen molar-refractivity contribution < 1.29 is 13.9 Å². The zero-order valence-corrected chi connectivity index (χ0v) is 17.6. The Labute approximate surface area is 184 Å². The van der Waals surface area contributed by atoms with Crippen LogP contribution in [0.3, 0.4) is 0 Å². The van der Waals surface area contributed by atoms with E-state index in [2.05, 4.69) is 15.3 Å². The summed E-state index contributed by atoms with van der Waals surface area (Å²) in [5.74, 6) is 0.0994. The van der Waals surface area contributed by atoms with Gasteiger partial charge in [0.05, 0.1) is 13.2 Å². The number of nitrogens with one attached hydrogen (secondary N) is 1. The average molecular weight is 431 g/mol. The molecule has 2 aromatic carbocycles. The molecule has 1 saturated heterocycles. The Morgan fingerprint density at radius 3 is 2.62 bits per heavy atom. The molecule has 0 unspecified atom stereocenters. The number of carbonyl (C=O) groups is 1. The van der Waals surface area contributed by atoms with Crippen LogP contribution in [0.2, 0.25) is 0 Å². The highest BCUT2D eigenvalue weighted by atomic mass is 19.1. The van der Waals surface area contributed by atoms with Crippen LogP contribution in [0.1, 0.15) is 15.9 Å². The molecule has 2 aromatic heterocycles. The van der Waals surface area contributed by atoms with Gasteiger partial charge in [-0.15, -0.1) is 0 Å². The predicted octanol–water partition coefficient (Wildman–Crippen LogP) is 4.08. The Bertz CT molecular complexity index is 1280. The zero-order chi connectivity index (χ0) is 22.1. The maximum absolute atomic E-state index is 13.9. The number of hydrogen-bond donors (Lipinski definition) is 1. The molecule has 0 saturated carbocycles. The van der Waals surface area contributed by atoms with Gasteiger partial charge < -0.3 is 19.5 Å². The van der Waals surface area contributed by atoms with Gasteiger partial charge in [-0.2, -0.15) is 4.98 Å². The van der Waals surface area contributed by atoms with Crippen LogP contribution in [0.4, 0.5) is 16.0 Å². The largest absolute Gasteiger partial charge is 0.378 e. The zero-order valence-electron chi connectivity index (χ0n) is 17.6. The molecule has 7 nitrogen and oxygen atoms in total. The average Bonchev–Trinajstić information content (AvgIpc) is 3.25. The standard InChI is InChI=1S/C24H22FN5O2/c1-16-2-5-19(14-21(16)25)27-24-26-15-18-8-9-30(22(18)28-24)20-6-3-17(4-7-20)23(31)29-10-12-32-13-11-29/h2-9,14-15H,10-13H2,1H3,(H,26,27,28). The van der Waals surface area contributed by atoms with E-state index in [0.29, 0.717) is 54.7 Å². The van der Waals surface area contributed by atoms with Gasteiger partial charge in [-0.3, -0.25) is 4.79 Å². The van der Waals surface area contributed by atoms with E-state index in [0.717, 1.165) is 11.1 Å². The SMILES string of the molecule is Cc1ccc(Nc2ncc3ccn(-c4ccc(C(=O)N5CCOCC5)cc4)c3n2)cc1F. The first-order chi connectivity index (χ1) is 15.6. The number of aromatic nitrogens is 3. The van der Waals surface area contributed by atoms with Crippen molar-refractivity contribution in [3.05, 3.63) is 77.9 Å². The minimum absolute atomic E-state index is 0.0105. The maximum Gasteiger partial charge on any atom is 0.254 e. The molecule has 1 aliphatic heterocycles. The summed E-state index contributed by atoms with van der Waals surface area (Å²) >= 11 is 0. The second-order valence-electron chi connectivity index (χ2n) is 7.70. The van der Waals surface area contributed by atoms with E-state index in [1.165, 1.54) is 6.07 Å². The number of amides is 1. The number of ether oxygens (including phenoxy) is 1. The molecule has 0 spiro atoms. The van der Waals surface area contributed by atoms with E-state index in [-0.39, 0.29) is 11.7 Å². The smallest absolute Gasteiger partial charge is 0.254 e. The molecule has 162 valence electrons. The van der Waals surface area contributed by atoms with Crippen molar-refractivity contribution in [3.63, 3.8) is 0 Å². The van der Waals surface area contributed by atoms with Crippen LogP contribution in [-0.2, 0) is 4.74 Å². The van der Waals surface area contributed by atoms with Crippen molar-refractivity contribution in [1.82, 2.24) is 19.4 Å². The molecule has 32 heavy (non-hydrogen) atoms. The van der Waals surface area contributed by atoms with Gasteiger partial charge >= 0.3 is 0 Å². The molecule has 0 aliphatic carbocycles. The van der Waals surface area contributed by atoms with Gasteiger partial charge in [0.25, 0.3) is 5.91 Å². The van der Waals surface area contributed by atoms with Crippen molar-refractivity contribution in [1.29, 1.82) is 0 Å². The first-order valence-electron chi connectivity index (χ1n) is 10.4. The highest BCUT2D eigenvalue weighted by molar-refractivity contribution is 5.94. The molecule has 1 N–H and O–H groups in total. The quantitative estimate of drug-likeness (QED) is 0.527. The Morgan fingerprint density at radius 2 is 1.88 bits per heavy atom. The Morgan fingerprint density at radius 1 is 1.09 bits per heavy atom. The lowest BCUT2D eigenvalue weighted by Gasteiger charge is -2.26. The van der Waals surface area contributed by atoms with Gasteiger partial charge in [0.1, 0.15) is 11.5 Å². The summed E-state index contributed by atoms with van der Waals surface area (Å²) in [5.41, 5.74) is 3.39. The number of rotatable bonds is 4. The summed E-state index contributed by atoms with van der Waals surface area (Å²) in [5, 5.41) is 3.93. The number of aryl methyl sites for hydroxylation is 1. The van der Waals surface area contributed by atoms with Crippen molar-refractivity contribution in [2.75, 3.05) is 31.6 Å². The summed E-state index contributed by atoms with van der Waals surface area (Å²) in [6.45, 7) is 4.09. The highest BCUT2D eigenvalue weighted by Crippen LogP contribution is 2.22. The third-order valence-corrected chi connectivity index (χ3v) is 5.55. The fraction of sp³-hybridized carbons (Fsp3) is 0.208. The number of fused-ring (bicyclic) bond motifs is 1. The topological polar surface area (TPSA) is 72.3 Å². The first-order valence-corrected chi connectivity index (χ1v) is 10.4. The number of anilines is 2. The van der Waals surface area contributed by atoms with Gasteiger partial charge in [0.2, 0.25) is 5.95 Å². The molecule has 3 heterocycles.